The van der Waals surface area contributed by atoms with Crippen LogP contribution >= 0.6 is 11.6 Å². The summed E-state index contributed by atoms with van der Waals surface area (Å²) in [5.74, 6) is 0.0934. The Balaban J connectivity index is 1.92. The molecule has 7 nitrogen and oxygen atoms in total. The van der Waals surface area contributed by atoms with Crippen molar-refractivity contribution in [3.63, 3.8) is 0 Å². The molecule has 1 aliphatic heterocycles. The second-order valence-electron chi connectivity index (χ2n) is 5.91. The minimum absolute atomic E-state index is 0.0549. The van der Waals surface area contributed by atoms with Crippen LogP contribution < -0.4 is 4.72 Å². The van der Waals surface area contributed by atoms with E-state index in [0.717, 1.165) is 0 Å². The van der Waals surface area contributed by atoms with Gasteiger partial charge >= 0.3 is 0 Å². The van der Waals surface area contributed by atoms with E-state index in [4.69, 9.17) is 11.6 Å². The van der Waals surface area contributed by atoms with Gasteiger partial charge in [-0.15, -0.1) is 0 Å². The molecule has 1 fully saturated rings. The number of halogens is 1. The summed E-state index contributed by atoms with van der Waals surface area (Å²) in [6, 6.07) is 6.27. The Morgan fingerprint density at radius 1 is 1.17 bits per heavy atom. The summed E-state index contributed by atoms with van der Waals surface area (Å²) in [4.78, 5) is 0.0549. The quantitative estimate of drug-likeness (QED) is 0.782. The summed E-state index contributed by atoms with van der Waals surface area (Å²) in [5.41, 5.74) is 0. The van der Waals surface area contributed by atoms with E-state index in [2.05, 4.69) is 4.72 Å². The Bertz CT molecular complexity index is 773. The predicted octanol–water partition coefficient (Wildman–Crippen LogP) is 1.14. The van der Waals surface area contributed by atoms with Crippen LogP contribution in [0.3, 0.4) is 0 Å². The predicted molar refractivity (Wildman–Crippen MR) is 93.5 cm³/mol. The molecule has 1 aromatic carbocycles. The molecule has 1 aliphatic rings. The topological polar surface area (TPSA) is 86.8 Å². The van der Waals surface area contributed by atoms with Crippen LogP contribution in [0.4, 0.5) is 0 Å². The monoisotopic (exact) mass is 395 g/mol. The number of nitrogens with zero attached hydrogens (tertiary/aromatic N) is 2. The molecule has 24 heavy (non-hydrogen) atoms. The van der Waals surface area contributed by atoms with Crippen LogP contribution in [-0.4, -0.2) is 59.2 Å². The molecule has 136 valence electrons. The number of rotatable bonds is 6. The van der Waals surface area contributed by atoms with Crippen LogP contribution in [0.25, 0.3) is 0 Å². The molecule has 0 amide bonds. The summed E-state index contributed by atoms with van der Waals surface area (Å²) in [5, 5.41) is 0.178. The van der Waals surface area contributed by atoms with E-state index in [1.165, 1.54) is 34.8 Å². The van der Waals surface area contributed by atoms with Gasteiger partial charge < -0.3 is 0 Å². The zero-order valence-corrected chi connectivity index (χ0v) is 16.0. The minimum Gasteiger partial charge on any atom is -0.211 e. The molecular formula is C14H22ClN3O4S2. The molecule has 0 saturated carbocycles. The molecule has 2 rings (SSSR count). The highest BCUT2D eigenvalue weighted by Gasteiger charge is 2.30. The van der Waals surface area contributed by atoms with Crippen molar-refractivity contribution >= 4 is 31.8 Å². The molecule has 1 heterocycles. The van der Waals surface area contributed by atoms with Crippen LogP contribution in [0.1, 0.15) is 12.8 Å². The van der Waals surface area contributed by atoms with Crippen molar-refractivity contribution in [2.75, 3.05) is 33.7 Å². The maximum atomic E-state index is 12.3. The van der Waals surface area contributed by atoms with E-state index in [1.54, 1.807) is 12.1 Å². The summed E-state index contributed by atoms with van der Waals surface area (Å²) in [7, 11) is -4.07. The average Bonchev–Trinajstić information content (AvgIpc) is 2.53. The zero-order chi connectivity index (χ0) is 18.0. The smallest absolute Gasteiger partial charge is 0.211 e. The molecule has 1 N–H and O–H groups in total. The Labute approximate surface area is 148 Å². The number of hydrogen-bond donors (Lipinski definition) is 1. The van der Waals surface area contributed by atoms with E-state index in [9.17, 15) is 16.8 Å². The molecule has 0 aliphatic carbocycles. The molecule has 10 heteroatoms. The third-order valence-corrected chi connectivity index (χ3v) is 7.91. The van der Waals surface area contributed by atoms with Crippen molar-refractivity contribution in [3.05, 3.63) is 29.3 Å². The van der Waals surface area contributed by atoms with E-state index >= 15 is 0 Å². The Hall–Kier alpha value is -0.710. The fourth-order valence-electron chi connectivity index (χ4n) is 2.54. The van der Waals surface area contributed by atoms with Crippen molar-refractivity contribution in [2.24, 2.45) is 5.92 Å². The van der Waals surface area contributed by atoms with Crippen molar-refractivity contribution in [2.45, 2.75) is 17.7 Å². The van der Waals surface area contributed by atoms with E-state index in [-0.39, 0.29) is 22.4 Å². The molecular weight excluding hydrogens is 374 g/mol. The number of hydrogen-bond acceptors (Lipinski definition) is 4. The van der Waals surface area contributed by atoms with Gasteiger partial charge in [0.25, 0.3) is 10.2 Å². The second-order valence-corrected chi connectivity index (χ2v) is 10.2. The number of nitrogens with one attached hydrogen (secondary N) is 1. The Morgan fingerprint density at radius 2 is 1.75 bits per heavy atom. The standard InChI is InChI=1S/C14H22ClN3O4S2/c1-17(2)24(21,22)18-9-7-12(8-10-18)11-16-23(19,20)14-6-4-3-5-13(14)15/h3-6,12,16H,7-11H2,1-2H3. The molecule has 0 bridgehead atoms. The maximum Gasteiger partial charge on any atom is 0.281 e. The Kier molecular flexibility index (Phi) is 6.27. The maximum absolute atomic E-state index is 12.3. The molecule has 0 atom stereocenters. The van der Waals surface area contributed by atoms with Gasteiger partial charge in [-0.05, 0) is 30.9 Å². The first-order chi connectivity index (χ1) is 11.1. The lowest BCUT2D eigenvalue weighted by atomic mass is 9.99. The van der Waals surface area contributed by atoms with Gasteiger partial charge in [0.2, 0.25) is 10.0 Å². The second kappa shape index (κ2) is 7.67. The van der Waals surface area contributed by atoms with E-state index < -0.39 is 20.2 Å². The fraction of sp³-hybridized carbons (Fsp3) is 0.571. The van der Waals surface area contributed by atoms with Gasteiger partial charge in [-0.3, -0.25) is 0 Å². The lowest BCUT2D eigenvalue weighted by molar-refractivity contribution is 0.263. The van der Waals surface area contributed by atoms with Crippen LogP contribution in [0.2, 0.25) is 5.02 Å². The van der Waals surface area contributed by atoms with Crippen LogP contribution in [0.5, 0.6) is 0 Å². The largest absolute Gasteiger partial charge is 0.281 e. The molecule has 1 aromatic rings. The molecule has 0 spiro atoms. The normalized spacial score (nSPS) is 18.2. The lowest BCUT2D eigenvalue weighted by Crippen LogP contribution is -2.45. The first-order valence-corrected chi connectivity index (χ1v) is 10.8. The van der Waals surface area contributed by atoms with Gasteiger partial charge in [0.05, 0.1) is 5.02 Å². The number of benzene rings is 1. The van der Waals surface area contributed by atoms with Crippen LogP contribution in [0, 0.1) is 5.92 Å². The van der Waals surface area contributed by atoms with Gasteiger partial charge in [-0.25, -0.2) is 13.1 Å². The molecule has 0 unspecified atom stereocenters. The fourth-order valence-corrected chi connectivity index (χ4v) is 5.31. The lowest BCUT2D eigenvalue weighted by Gasteiger charge is -2.32. The molecule has 0 radical (unpaired) electrons. The first-order valence-electron chi connectivity index (χ1n) is 7.56. The van der Waals surface area contributed by atoms with Gasteiger partial charge in [0.15, 0.2) is 0 Å². The van der Waals surface area contributed by atoms with Crippen LogP contribution in [0.15, 0.2) is 29.2 Å². The minimum atomic E-state index is -3.67. The van der Waals surface area contributed by atoms with Gasteiger partial charge in [0.1, 0.15) is 4.90 Å². The van der Waals surface area contributed by atoms with Crippen LogP contribution in [-0.2, 0) is 20.2 Å². The highest BCUT2D eigenvalue weighted by Crippen LogP contribution is 2.23. The van der Waals surface area contributed by atoms with Crippen molar-refractivity contribution in [3.8, 4) is 0 Å². The molecule has 0 aromatic heterocycles. The third-order valence-electron chi connectivity index (χ3n) is 4.05. The zero-order valence-electron chi connectivity index (χ0n) is 13.6. The van der Waals surface area contributed by atoms with Crippen molar-refractivity contribution in [1.82, 2.24) is 13.3 Å². The average molecular weight is 396 g/mol. The highest BCUT2D eigenvalue weighted by molar-refractivity contribution is 7.89. The molecule has 1 saturated heterocycles. The summed E-state index contributed by atoms with van der Waals surface area (Å²) >= 11 is 5.93. The summed E-state index contributed by atoms with van der Waals surface area (Å²) in [6.45, 7) is 1.04. The number of piperidine rings is 1. The van der Waals surface area contributed by atoms with Gasteiger partial charge in [0, 0.05) is 33.7 Å². The van der Waals surface area contributed by atoms with E-state index in [0.29, 0.717) is 25.9 Å². The van der Waals surface area contributed by atoms with Gasteiger partial charge in [-0.2, -0.15) is 17.0 Å². The first kappa shape index (κ1) is 19.6. The van der Waals surface area contributed by atoms with Crippen molar-refractivity contribution in [1.29, 1.82) is 0 Å². The summed E-state index contributed by atoms with van der Waals surface area (Å²) in [6.07, 6.45) is 1.22. The number of sulfonamides is 1. The Morgan fingerprint density at radius 3 is 2.29 bits per heavy atom. The van der Waals surface area contributed by atoms with Crippen molar-refractivity contribution < 1.29 is 16.8 Å². The van der Waals surface area contributed by atoms with Gasteiger partial charge in [-0.1, -0.05) is 23.7 Å². The SMILES string of the molecule is CN(C)S(=O)(=O)N1CCC(CNS(=O)(=O)c2ccccc2Cl)CC1. The summed E-state index contributed by atoms with van der Waals surface area (Å²) < 4.78 is 53.9. The third kappa shape index (κ3) is 4.47. The highest BCUT2D eigenvalue weighted by atomic mass is 35.5. The van der Waals surface area contributed by atoms with E-state index in [1.807, 2.05) is 0 Å².